The maximum absolute atomic E-state index is 6.40. The quantitative estimate of drug-likeness (QED) is 0.845. The van der Waals surface area contributed by atoms with E-state index in [9.17, 15) is 0 Å². The molecule has 118 valence electrons. The van der Waals surface area contributed by atoms with Crippen molar-refractivity contribution >= 4 is 15.9 Å². The first-order valence-corrected chi connectivity index (χ1v) is 8.74. The van der Waals surface area contributed by atoms with E-state index in [2.05, 4.69) is 59.1 Å². The molecule has 1 aromatic carbocycles. The largest absolute Gasteiger partial charge is 0.377 e. The third-order valence-corrected chi connectivity index (χ3v) is 4.86. The normalized spacial score (nSPS) is 22.2. The molecule has 21 heavy (non-hydrogen) atoms. The lowest BCUT2D eigenvalue weighted by Gasteiger charge is -2.36. The number of rotatable bonds is 6. The van der Waals surface area contributed by atoms with Gasteiger partial charge in [0, 0.05) is 29.7 Å². The molecule has 0 radical (unpaired) electrons. The van der Waals surface area contributed by atoms with Crippen LogP contribution < -0.4 is 5.73 Å². The molecule has 3 unspecified atom stereocenters. The van der Waals surface area contributed by atoms with E-state index in [1.165, 1.54) is 24.8 Å². The van der Waals surface area contributed by atoms with Crippen molar-refractivity contribution in [2.75, 3.05) is 20.2 Å². The smallest absolute Gasteiger partial charge is 0.0702 e. The van der Waals surface area contributed by atoms with Gasteiger partial charge in [0.15, 0.2) is 0 Å². The van der Waals surface area contributed by atoms with Crippen molar-refractivity contribution in [3.05, 3.63) is 34.3 Å². The molecular weight excluding hydrogens is 328 g/mol. The van der Waals surface area contributed by atoms with Gasteiger partial charge in [-0.25, -0.2) is 0 Å². The molecule has 0 aromatic heterocycles. The van der Waals surface area contributed by atoms with Crippen LogP contribution in [0.25, 0.3) is 0 Å². The number of halogens is 1. The lowest BCUT2D eigenvalue weighted by Crippen LogP contribution is -2.43. The topological polar surface area (TPSA) is 38.5 Å². The highest BCUT2D eigenvalue weighted by Crippen LogP contribution is 2.27. The molecule has 0 spiro atoms. The predicted molar refractivity (Wildman–Crippen MR) is 91.4 cm³/mol. The SMILES string of the molecule is CCC(N)C(c1ccc(Br)cc1)N(C)CC1CCCCO1. The van der Waals surface area contributed by atoms with Gasteiger partial charge in [0.05, 0.1) is 6.10 Å². The Labute approximate surface area is 137 Å². The molecule has 2 N–H and O–H groups in total. The fraction of sp³-hybridized carbons (Fsp3) is 0.647. The standard InChI is InChI=1S/C17H27BrN2O/c1-3-16(19)17(13-7-9-14(18)10-8-13)20(2)12-15-6-4-5-11-21-15/h7-10,15-17H,3-6,11-12,19H2,1-2H3. The number of nitrogens with two attached hydrogens (primary N) is 1. The highest BCUT2D eigenvalue weighted by Gasteiger charge is 2.26. The molecule has 4 heteroatoms. The van der Waals surface area contributed by atoms with E-state index < -0.39 is 0 Å². The molecule has 1 aliphatic rings. The van der Waals surface area contributed by atoms with Crippen LogP contribution in [0.15, 0.2) is 28.7 Å². The number of hydrogen-bond acceptors (Lipinski definition) is 3. The van der Waals surface area contributed by atoms with Gasteiger partial charge in [-0.05, 0) is 50.4 Å². The van der Waals surface area contributed by atoms with E-state index in [0.29, 0.717) is 6.10 Å². The minimum absolute atomic E-state index is 0.139. The summed E-state index contributed by atoms with van der Waals surface area (Å²) in [5.41, 5.74) is 7.68. The van der Waals surface area contributed by atoms with Crippen molar-refractivity contribution in [3.8, 4) is 0 Å². The Morgan fingerprint density at radius 3 is 2.62 bits per heavy atom. The highest BCUT2D eigenvalue weighted by atomic mass is 79.9. The zero-order valence-corrected chi connectivity index (χ0v) is 14.7. The summed E-state index contributed by atoms with van der Waals surface area (Å²) in [6.07, 6.45) is 4.97. The molecule has 2 rings (SSSR count). The van der Waals surface area contributed by atoms with Crippen LogP contribution in [0.1, 0.15) is 44.2 Å². The lowest BCUT2D eigenvalue weighted by atomic mass is 9.96. The van der Waals surface area contributed by atoms with Crippen LogP contribution in [0, 0.1) is 0 Å². The van der Waals surface area contributed by atoms with E-state index in [1.807, 2.05) is 0 Å². The maximum Gasteiger partial charge on any atom is 0.0702 e. The van der Waals surface area contributed by atoms with Crippen LogP contribution in [0.3, 0.4) is 0 Å². The van der Waals surface area contributed by atoms with Crippen LogP contribution in [0.5, 0.6) is 0 Å². The van der Waals surface area contributed by atoms with Gasteiger partial charge < -0.3 is 10.5 Å². The fourth-order valence-corrected chi connectivity index (χ4v) is 3.36. The van der Waals surface area contributed by atoms with Gasteiger partial charge in [-0.1, -0.05) is 35.0 Å². The molecule has 1 saturated heterocycles. The van der Waals surface area contributed by atoms with Gasteiger partial charge in [0.2, 0.25) is 0 Å². The minimum atomic E-state index is 0.139. The van der Waals surface area contributed by atoms with Crippen LogP contribution in [0.4, 0.5) is 0 Å². The molecule has 1 fully saturated rings. The third-order valence-electron chi connectivity index (χ3n) is 4.33. The van der Waals surface area contributed by atoms with Crippen molar-refractivity contribution in [2.45, 2.75) is 50.8 Å². The van der Waals surface area contributed by atoms with Gasteiger partial charge >= 0.3 is 0 Å². The molecule has 1 aliphatic heterocycles. The molecule has 0 amide bonds. The second kappa shape index (κ2) is 8.28. The maximum atomic E-state index is 6.40. The van der Waals surface area contributed by atoms with E-state index >= 15 is 0 Å². The average molecular weight is 355 g/mol. The number of ether oxygens (including phenoxy) is 1. The second-order valence-corrected chi connectivity index (χ2v) is 6.91. The number of benzene rings is 1. The van der Waals surface area contributed by atoms with Crippen LogP contribution in [-0.4, -0.2) is 37.2 Å². The highest BCUT2D eigenvalue weighted by molar-refractivity contribution is 9.10. The van der Waals surface area contributed by atoms with Crippen molar-refractivity contribution in [2.24, 2.45) is 5.73 Å². The van der Waals surface area contributed by atoms with Crippen LogP contribution >= 0.6 is 15.9 Å². The Morgan fingerprint density at radius 2 is 2.05 bits per heavy atom. The molecule has 0 saturated carbocycles. The molecule has 1 heterocycles. The Bertz CT molecular complexity index is 417. The summed E-state index contributed by atoms with van der Waals surface area (Å²) >= 11 is 3.50. The van der Waals surface area contributed by atoms with E-state index in [4.69, 9.17) is 10.5 Å². The second-order valence-electron chi connectivity index (χ2n) is 6.00. The number of hydrogen-bond donors (Lipinski definition) is 1. The summed E-state index contributed by atoms with van der Waals surface area (Å²) in [5.74, 6) is 0. The van der Waals surface area contributed by atoms with Crippen LogP contribution in [-0.2, 0) is 4.74 Å². The molecule has 1 aromatic rings. The fourth-order valence-electron chi connectivity index (χ4n) is 3.10. The van der Waals surface area contributed by atoms with Gasteiger partial charge in [0.25, 0.3) is 0 Å². The monoisotopic (exact) mass is 354 g/mol. The van der Waals surface area contributed by atoms with Gasteiger partial charge in [0.1, 0.15) is 0 Å². The van der Waals surface area contributed by atoms with Gasteiger partial charge in [-0.2, -0.15) is 0 Å². The van der Waals surface area contributed by atoms with Gasteiger partial charge in [-0.3, -0.25) is 4.90 Å². The minimum Gasteiger partial charge on any atom is -0.377 e. The Balaban J connectivity index is 2.09. The summed E-state index contributed by atoms with van der Waals surface area (Å²) in [6.45, 7) is 4.01. The Hall–Kier alpha value is -0.420. The summed E-state index contributed by atoms with van der Waals surface area (Å²) in [5, 5.41) is 0. The zero-order chi connectivity index (χ0) is 15.2. The molecule has 3 atom stereocenters. The number of likely N-dealkylation sites (N-methyl/N-ethyl adjacent to an activating group) is 1. The summed E-state index contributed by atoms with van der Waals surface area (Å²) in [6, 6.07) is 8.91. The first kappa shape index (κ1) is 16.9. The summed E-state index contributed by atoms with van der Waals surface area (Å²) in [4.78, 5) is 2.37. The van der Waals surface area contributed by atoms with Gasteiger partial charge in [-0.15, -0.1) is 0 Å². The first-order valence-electron chi connectivity index (χ1n) is 7.94. The zero-order valence-electron chi connectivity index (χ0n) is 13.1. The van der Waals surface area contributed by atoms with E-state index in [1.54, 1.807) is 0 Å². The summed E-state index contributed by atoms with van der Waals surface area (Å²) < 4.78 is 6.98. The third kappa shape index (κ3) is 4.78. The Morgan fingerprint density at radius 1 is 1.33 bits per heavy atom. The number of nitrogens with zero attached hydrogens (tertiary/aromatic N) is 1. The molecule has 0 bridgehead atoms. The molecule has 0 aliphatic carbocycles. The van der Waals surface area contributed by atoms with Crippen molar-refractivity contribution in [3.63, 3.8) is 0 Å². The average Bonchev–Trinajstić information content (AvgIpc) is 2.50. The van der Waals surface area contributed by atoms with Crippen molar-refractivity contribution in [1.82, 2.24) is 4.90 Å². The van der Waals surface area contributed by atoms with E-state index in [0.717, 1.165) is 24.0 Å². The van der Waals surface area contributed by atoms with E-state index in [-0.39, 0.29) is 12.1 Å². The van der Waals surface area contributed by atoms with Crippen LogP contribution in [0.2, 0.25) is 0 Å². The predicted octanol–water partition coefficient (Wildman–Crippen LogP) is 3.73. The molecular formula is C17H27BrN2O. The van der Waals surface area contributed by atoms with Crippen molar-refractivity contribution < 1.29 is 4.74 Å². The first-order chi connectivity index (χ1) is 10.1. The molecule has 3 nitrogen and oxygen atoms in total. The Kier molecular flexibility index (Phi) is 6.68. The lowest BCUT2D eigenvalue weighted by molar-refractivity contribution is -0.0104. The summed E-state index contributed by atoms with van der Waals surface area (Å²) in [7, 11) is 2.17. The van der Waals surface area contributed by atoms with Crippen molar-refractivity contribution in [1.29, 1.82) is 0 Å².